The number of para-hydroxylation sites is 2. The highest BCUT2D eigenvalue weighted by Gasteiger charge is 2.23. The summed E-state index contributed by atoms with van der Waals surface area (Å²) in [5.41, 5.74) is 1.43. The summed E-state index contributed by atoms with van der Waals surface area (Å²) in [5, 5.41) is 2.93. The van der Waals surface area contributed by atoms with Gasteiger partial charge in [-0.2, -0.15) is 0 Å². The molecule has 0 unspecified atom stereocenters. The van der Waals surface area contributed by atoms with E-state index in [1.165, 1.54) is 11.0 Å². The van der Waals surface area contributed by atoms with Gasteiger partial charge in [0.15, 0.2) is 6.54 Å². The zero-order valence-electron chi connectivity index (χ0n) is 13.3. The molecular weight excluding hydrogens is 373 g/mol. The molecule has 6 heteroatoms. The van der Waals surface area contributed by atoms with Crippen LogP contribution in [0.4, 0.5) is 15.8 Å². The number of halogens is 2. The van der Waals surface area contributed by atoms with Crippen molar-refractivity contribution in [3.63, 3.8) is 0 Å². The normalized spacial score (nSPS) is 15.3. The predicted octanol–water partition coefficient (Wildman–Crippen LogP) is 1.93. The van der Waals surface area contributed by atoms with Gasteiger partial charge in [0, 0.05) is 4.47 Å². The number of carbonyl (C=O) groups is 1. The van der Waals surface area contributed by atoms with Crippen molar-refractivity contribution in [1.29, 1.82) is 0 Å². The van der Waals surface area contributed by atoms with Crippen molar-refractivity contribution >= 4 is 33.2 Å². The summed E-state index contributed by atoms with van der Waals surface area (Å²) in [6.07, 6.45) is 0. The molecule has 1 amide bonds. The highest BCUT2D eigenvalue weighted by atomic mass is 79.9. The van der Waals surface area contributed by atoms with Gasteiger partial charge in [0.05, 0.1) is 37.6 Å². The second kappa shape index (κ2) is 7.77. The molecule has 0 radical (unpaired) electrons. The molecule has 4 nitrogen and oxygen atoms in total. The van der Waals surface area contributed by atoms with E-state index in [0.717, 1.165) is 36.3 Å². The number of anilines is 2. The maximum Gasteiger partial charge on any atom is 0.279 e. The maximum atomic E-state index is 13.8. The van der Waals surface area contributed by atoms with E-state index in [-0.39, 0.29) is 11.7 Å². The third-order valence-electron chi connectivity index (χ3n) is 4.22. The minimum absolute atomic E-state index is 0.00348. The van der Waals surface area contributed by atoms with Crippen molar-refractivity contribution in [3.05, 3.63) is 58.8 Å². The molecule has 126 valence electrons. The van der Waals surface area contributed by atoms with Gasteiger partial charge in [0.25, 0.3) is 5.91 Å². The Kier molecular flexibility index (Phi) is 5.48. The number of quaternary nitrogens is 1. The van der Waals surface area contributed by atoms with Gasteiger partial charge in [-0.3, -0.25) is 4.79 Å². The summed E-state index contributed by atoms with van der Waals surface area (Å²) in [6, 6.07) is 14.4. The molecular formula is C18H20BrFN3O+. The van der Waals surface area contributed by atoms with Crippen molar-refractivity contribution in [2.45, 2.75) is 0 Å². The van der Waals surface area contributed by atoms with Crippen molar-refractivity contribution in [1.82, 2.24) is 0 Å². The molecule has 1 saturated heterocycles. The molecule has 1 aliphatic heterocycles. The molecule has 3 rings (SSSR count). The van der Waals surface area contributed by atoms with E-state index in [2.05, 4.69) is 21.2 Å². The Morgan fingerprint density at radius 1 is 1.12 bits per heavy atom. The van der Waals surface area contributed by atoms with Crippen molar-refractivity contribution in [2.24, 2.45) is 0 Å². The Hall–Kier alpha value is -1.92. The van der Waals surface area contributed by atoms with Gasteiger partial charge in [0.1, 0.15) is 5.82 Å². The third-order valence-corrected chi connectivity index (χ3v) is 4.91. The quantitative estimate of drug-likeness (QED) is 0.833. The van der Waals surface area contributed by atoms with Gasteiger partial charge < -0.3 is 15.1 Å². The molecule has 0 aliphatic carbocycles. The van der Waals surface area contributed by atoms with E-state index >= 15 is 0 Å². The van der Waals surface area contributed by atoms with Crippen LogP contribution >= 0.6 is 15.9 Å². The van der Waals surface area contributed by atoms with Crippen LogP contribution in [-0.4, -0.2) is 38.6 Å². The fourth-order valence-corrected chi connectivity index (χ4v) is 3.32. The van der Waals surface area contributed by atoms with E-state index in [1.54, 1.807) is 12.1 Å². The maximum absolute atomic E-state index is 13.8. The highest BCUT2D eigenvalue weighted by molar-refractivity contribution is 9.10. The van der Waals surface area contributed by atoms with Gasteiger partial charge in [0.2, 0.25) is 0 Å². The average molecular weight is 393 g/mol. The molecule has 0 saturated carbocycles. The molecule has 1 heterocycles. The summed E-state index contributed by atoms with van der Waals surface area (Å²) in [6.45, 7) is 3.55. The first-order valence-electron chi connectivity index (χ1n) is 8.01. The van der Waals surface area contributed by atoms with Gasteiger partial charge in [-0.05, 0) is 40.2 Å². The molecule has 1 aliphatic rings. The van der Waals surface area contributed by atoms with E-state index in [1.807, 2.05) is 35.2 Å². The van der Waals surface area contributed by atoms with Gasteiger partial charge in [-0.15, -0.1) is 0 Å². The lowest BCUT2D eigenvalue weighted by Crippen LogP contribution is -3.15. The van der Waals surface area contributed by atoms with Gasteiger partial charge in [-0.1, -0.05) is 24.3 Å². The molecule has 0 spiro atoms. The van der Waals surface area contributed by atoms with Crippen LogP contribution in [0.3, 0.4) is 0 Å². The zero-order chi connectivity index (χ0) is 16.9. The number of piperazine rings is 1. The Morgan fingerprint density at radius 2 is 1.79 bits per heavy atom. The van der Waals surface area contributed by atoms with E-state index in [0.29, 0.717) is 12.2 Å². The van der Waals surface area contributed by atoms with Gasteiger partial charge in [-0.25, -0.2) is 4.39 Å². The van der Waals surface area contributed by atoms with Crippen molar-refractivity contribution < 1.29 is 14.1 Å². The SMILES string of the molecule is O=C(C[NH+]1CCN(c2ccccc2F)CC1)Nc1ccccc1Br. The van der Waals surface area contributed by atoms with Crippen LogP contribution in [0.15, 0.2) is 53.0 Å². The highest BCUT2D eigenvalue weighted by Crippen LogP contribution is 2.21. The first-order chi connectivity index (χ1) is 11.6. The van der Waals surface area contributed by atoms with Crippen LogP contribution in [0, 0.1) is 5.82 Å². The van der Waals surface area contributed by atoms with Crippen LogP contribution in [0.25, 0.3) is 0 Å². The summed E-state index contributed by atoms with van der Waals surface area (Å²) in [4.78, 5) is 15.5. The lowest BCUT2D eigenvalue weighted by molar-refractivity contribution is -0.892. The Balaban J connectivity index is 1.51. The Labute approximate surface area is 149 Å². The predicted molar refractivity (Wildman–Crippen MR) is 96.9 cm³/mol. The Morgan fingerprint density at radius 3 is 2.50 bits per heavy atom. The van der Waals surface area contributed by atoms with Crippen molar-refractivity contribution in [3.8, 4) is 0 Å². The van der Waals surface area contributed by atoms with E-state index < -0.39 is 0 Å². The monoisotopic (exact) mass is 392 g/mol. The summed E-state index contributed by atoms with van der Waals surface area (Å²) >= 11 is 3.43. The number of carbonyl (C=O) groups excluding carboxylic acids is 1. The zero-order valence-corrected chi connectivity index (χ0v) is 14.9. The van der Waals surface area contributed by atoms with Crippen LogP contribution in [0.5, 0.6) is 0 Å². The minimum Gasteiger partial charge on any atom is -0.358 e. The first kappa shape index (κ1) is 16.9. The standard InChI is InChI=1S/C18H19BrFN3O/c19-14-5-1-3-7-16(14)21-18(24)13-22-9-11-23(12-10-22)17-8-4-2-6-15(17)20/h1-8H,9-13H2,(H,21,24)/p+1. The summed E-state index contributed by atoms with van der Waals surface area (Å²) in [5.74, 6) is -0.191. The summed E-state index contributed by atoms with van der Waals surface area (Å²) in [7, 11) is 0. The molecule has 2 N–H and O–H groups in total. The minimum atomic E-state index is -0.187. The van der Waals surface area contributed by atoms with Crippen LogP contribution in [0.2, 0.25) is 0 Å². The topological polar surface area (TPSA) is 36.8 Å². The number of benzene rings is 2. The molecule has 2 aromatic carbocycles. The number of rotatable bonds is 4. The lowest BCUT2D eigenvalue weighted by atomic mass is 10.2. The molecule has 24 heavy (non-hydrogen) atoms. The second-order valence-electron chi connectivity index (χ2n) is 5.89. The smallest absolute Gasteiger partial charge is 0.279 e. The number of nitrogens with zero attached hydrogens (tertiary/aromatic N) is 1. The number of amides is 1. The number of nitrogens with one attached hydrogen (secondary N) is 2. The third kappa shape index (κ3) is 4.13. The van der Waals surface area contributed by atoms with Crippen LogP contribution < -0.4 is 15.1 Å². The van der Waals surface area contributed by atoms with E-state index in [9.17, 15) is 9.18 Å². The average Bonchev–Trinajstić information content (AvgIpc) is 2.58. The largest absolute Gasteiger partial charge is 0.358 e. The molecule has 0 atom stereocenters. The lowest BCUT2D eigenvalue weighted by Gasteiger charge is -2.33. The number of hydrogen-bond acceptors (Lipinski definition) is 2. The molecule has 0 aromatic heterocycles. The Bertz CT molecular complexity index is 717. The number of hydrogen-bond donors (Lipinski definition) is 2. The molecule has 1 fully saturated rings. The van der Waals surface area contributed by atoms with E-state index in [4.69, 9.17) is 0 Å². The molecule has 0 bridgehead atoms. The van der Waals surface area contributed by atoms with Gasteiger partial charge >= 0.3 is 0 Å². The van der Waals surface area contributed by atoms with Crippen molar-refractivity contribution in [2.75, 3.05) is 42.9 Å². The summed E-state index contributed by atoms with van der Waals surface area (Å²) < 4.78 is 14.7. The molecule has 2 aromatic rings. The fourth-order valence-electron chi connectivity index (χ4n) is 2.93. The fraction of sp³-hybridized carbons (Fsp3) is 0.278. The van der Waals surface area contributed by atoms with Crippen LogP contribution in [-0.2, 0) is 4.79 Å². The first-order valence-corrected chi connectivity index (χ1v) is 8.80. The second-order valence-corrected chi connectivity index (χ2v) is 6.75. The van der Waals surface area contributed by atoms with Crippen LogP contribution in [0.1, 0.15) is 0 Å².